The normalized spacial score (nSPS) is 10.5. The number of carbonyl (C=O) groups is 1. The van der Waals surface area contributed by atoms with Gasteiger partial charge in [0.05, 0.1) is 11.4 Å². The molecule has 0 fully saturated rings. The first kappa shape index (κ1) is 14.8. The lowest BCUT2D eigenvalue weighted by molar-refractivity contribution is 0.102. The Labute approximate surface area is 132 Å². The van der Waals surface area contributed by atoms with Crippen molar-refractivity contribution in [1.29, 1.82) is 0 Å². The predicted octanol–water partition coefficient (Wildman–Crippen LogP) is 2.43. The van der Waals surface area contributed by atoms with Gasteiger partial charge in [0.15, 0.2) is 0 Å². The average Bonchev–Trinajstić information content (AvgIpc) is 2.87. The number of amides is 1. The molecule has 23 heavy (non-hydrogen) atoms. The number of nitrogens with zero attached hydrogens (tertiary/aromatic N) is 2. The van der Waals surface area contributed by atoms with E-state index in [0.29, 0.717) is 17.1 Å². The van der Waals surface area contributed by atoms with Crippen LogP contribution in [0.3, 0.4) is 0 Å². The molecular formula is C17H16N4O2. The van der Waals surface area contributed by atoms with Crippen LogP contribution in [-0.4, -0.2) is 20.4 Å². The predicted molar refractivity (Wildman–Crippen MR) is 88.1 cm³/mol. The molecule has 0 saturated heterocycles. The van der Waals surface area contributed by atoms with Crippen LogP contribution < -0.4 is 11.0 Å². The Balaban J connectivity index is 1.99. The summed E-state index contributed by atoms with van der Waals surface area (Å²) in [5.74, 6) is -0.317. The number of aryl methyl sites for hydroxylation is 2. The van der Waals surface area contributed by atoms with E-state index in [1.54, 1.807) is 36.5 Å². The van der Waals surface area contributed by atoms with E-state index in [1.807, 2.05) is 26.0 Å². The molecule has 0 aliphatic carbocycles. The van der Waals surface area contributed by atoms with Gasteiger partial charge in [-0.2, -0.15) is 0 Å². The van der Waals surface area contributed by atoms with Crippen LogP contribution in [0.4, 0.5) is 5.69 Å². The Bertz CT molecular complexity index is 924. The van der Waals surface area contributed by atoms with Gasteiger partial charge in [0, 0.05) is 17.6 Å². The van der Waals surface area contributed by atoms with Crippen molar-refractivity contribution in [2.45, 2.75) is 13.8 Å². The van der Waals surface area contributed by atoms with Crippen molar-refractivity contribution in [3.63, 3.8) is 0 Å². The molecule has 0 unspecified atom stereocenters. The molecule has 6 heteroatoms. The van der Waals surface area contributed by atoms with Gasteiger partial charge in [0.1, 0.15) is 5.69 Å². The molecule has 0 radical (unpaired) electrons. The number of nitrogens with one attached hydrogen (secondary N) is 2. The van der Waals surface area contributed by atoms with Crippen LogP contribution in [-0.2, 0) is 0 Å². The molecule has 0 spiro atoms. The van der Waals surface area contributed by atoms with Gasteiger partial charge in [-0.15, -0.1) is 0 Å². The Morgan fingerprint density at radius 2 is 1.91 bits per heavy atom. The van der Waals surface area contributed by atoms with E-state index in [2.05, 4.69) is 15.3 Å². The third-order valence-corrected chi connectivity index (χ3v) is 3.47. The summed E-state index contributed by atoms with van der Waals surface area (Å²) in [6, 6.07) is 12.4. The first-order chi connectivity index (χ1) is 11.1. The molecule has 3 aromatic rings. The monoisotopic (exact) mass is 308 g/mol. The highest BCUT2D eigenvalue weighted by Gasteiger charge is 2.13. The van der Waals surface area contributed by atoms with Crippen molar-refractivity contribution in [1.82, 2.24) is 14.5 Å². The number of hydrogen-bond acceptors (Lipinski definition) is 3. The van der Waals surface area contributed by atoms with Crippen LogP contribution in [0.2, 0.25) is 0 Å². The third kappa shape index (κ3) is 2.91. The SMILES string of the molecule is Cc1cccc(C(=O)Nc2ccccc2-n2c(C)c[nH]c2=O)n1. The molecule has 0 saturated carbocycles. The van der Waals surface area contributed by atoms with Crippen LogP contribution in [0.1, 0.15) is 21.9 Å². The molecule has 116 valence electrons. The largest absolute Gasteiger partial charge is 0.330 e. The number of para-hydroxylation sites is 2. The van der Waals surface area contributed by atoms with Gasteiger partial charge < -0.3 is 10.3 Å². The summed E-state index contributed by atoms with van der Waals surface area (Å²) in [7, 11) is 0. The second kappa shape index (κ2) is 5.92. The van der Waals surface area contributed by atoms with Crippen molar-refractivity contribution >= 4 is 11.6 Å². The van der Waals surface area contributed by atoms with Crippen LogP contribution in [0.15, 0.2) is 53.5 Å². The molecular weight excluding hydrogens is 292 g/mol. The number of aromatic amines is 1. The Morgan fingerprint density at radius 1 is 1.13 bits per heavy atom. The number of pyridine rings is 1. The van der Waals surface area contributed by atoms with E-state index in [4.69, 9.17) is 0 Å². The molecule has 2 N–H and O–H groups in total. The van der Waals surface area contributed by atoms with E-state index >= 15 is 0 Å². The molecule has 6 nitrogen and oxygen atoms in total. The number of imidazole rings is 1. The summed E-state index contributed by atoms with van der Waals surface area (Å²) in [5.41, 5.74) is 2.76. The molecule has 1 aromatic carbocycles. The van der Waals surface area contributed by atoms with Crippen LogP contribution in [0, 0.1) is 13.8 Å². The second-order valence-corrected chi connectivity index (χ2v) is 5.21. The second-order valence-electron chi connectivity index (χ2n) is 5.21. The number of carbonyl (C=O) groups excluding carboxylic acids is 1. The standard InChI is InChI=1S/C17H16N4O2/c1-11-6-5-8-14(19-11)16(22)20-13-7-3-4-9-15(13)21-12(2)10-18-17(21)23/h3-10H,1-2H3,(H,18,23)(H,20,22). The lowest BCUT2D eigenvalue weighted by Gasteiger charge is -2.12. The number of benzene rings is 1. The number of anilines is 1. The highest BCUT2D eigenvalue weighted by atomic mass is 16.2. The van der Waals surface area contributed by atoms with E-state index < -0.39 is 0 Å². The number of rotatable bonds is 3. The lowest BCUT2D eigenvalue weighted by Crippen LogP contribution is -2.20. The number of hydrogen-bond donors (Lipinski definition) is 2. The Kier molecular flexibility index (Phi) is 3.80. The highest BCUT2D eigenvalue weighted by Crippen LogP contribution is 2.20. The van der Waals surface area contributed by atoms with Crippen molar-refractivity contribution in [2.75, 3.05) is 5.32 Å². The smallest absolute Gasteiger partial charge is 0.319 e. The molecule has 0 aliphatic heterocycles. The summed E-state index contributed by atoms with van der Waals surface area (Å²) in [6.45, 7) is 3.64. The van der Waals surface area contributed by atoms with Crippen molar-refractivity contribution in [3.05, 3.63) is 76.2 Å². The van der Waals surface area contributed by atoms with Crippen LogP contribution in [0.25, 0.3) is 5.69 Å². The summed E-state index contributed by atoms with van der Waals surface area (Å²) < 4.78 is 1.51. The fourth-order valence-corrected chi connectivity index (χ4v) is 2.39. The average molecular weight is 308 g/mol. The van der Waals surface area contributed by atoms with Gasteiger partial charge in [0.2, 0.25) is 0 Å². The zero-order valence-corrected chi connectivity index (χ0v) is 12.8. The minimum absolute atomic E-state index is 0.252. The summed E-state index contributed by atoms with van der Waals surface area (Å²) in [6.07, 6.45) is 1.63. The quantitative estimate of drug-likeness (QED) is 0.780. The minimum atomic E-state index is -0.317. The number of aromatic nitrogens is 3. The van der Waals surface area contributed by atoms with Gasteiger partial charge in [0.25, 0.3) is 5.91 Å². The number of H-pyrrole nitrogens is 1. The minimum Gasteiger partial charge on any atom is -0.319 e. The van der Waals surface area contributed by atoms with E-state index in [0.717, 1.165) is 11.4 Å². The van der Waals surface area contributed by atoms with Crippen molar-refractivity contribution < 1.29 is 4.79 Å². The summed E-state index contributed by atoms with van der Waals surface area (Å²) in [4.78, 5) is 31.2. The first-order valence-corrected chi connectivity index (χ1v) is 7.17. The summed E-state index contributed by atoms with van der Waals surface area (Å²) >= 11 is 0. The van der Waals surface area contributed by atoms with Gasteiger partial charge >= 0.3 is 5.69 Å². The lowest BCUT2D eigenvalue weighted by atomic mass is 10.2. The van der Waals surface area contributed by atoms with Gasteiger partial charge in [-0.25, -0.2) is 9.78 Å². The van der Waals surface area contributed by atoms with E-state index in [9.17, 15) is 9.59 Å². The Morgan fingerprint density at radius 3 is 2.61 bits per heavy atom. The van der Waals surface area contributed by atoms with Crippen LogP contribution >= 0.6 is 0 Å². The highest BCUT2D eigenvalue weighted by molar-refractivity contribution is 6.04. The van der Waals surface area contributed by atoms with Crippen molar-refractivity contribution in [2.24, 2.45) is 0 Å². The molecule has 1 amide bonds. The topological polar surface area (TPSA) is 79.8 Å². The fourth-order valence-electron chi connectivity index (χ4n) is 2.39. The first-order valence-electron chi connectivity index (χ1n) is 7.17. The van der Waals surface area contributed by atoms with Gasteiger partial charge in [-0.1, -0.05) is 18.2 Å². The molecule has 0 aliphatic rings. The van der Waals surface area contributed by atoms with Crippen LogP contribution in [0.5, 0.6) is 0 Å². The Hall–Kier alpha value is -3.15. The molecule has 0 bridgehead atoms. The zero-order chi connectivity index (χ0) is 16.4. The van der Waals surface area contributed by atoms with E-state index in [1.165, 1.54) is 4.57 Å². The molecule has 2 heterocycles. The summed E-state index contributed by atoms with van der Waals surface area (Å²) in [5, 5.41) is 2.82. The van der Waals surface area contributed by atoms with Gasteiger partial charge in [-0.05, 0) is 38.1 Å². The maximum Gasteiger partial charge on any atom is 0.330 e. The third-order valence-electron chi connectivity index (χ3n) is 3.47. The van der Waals surface area contributed by atoms with E-state index in [-0.39, 0.29) is 11.6 Å². The van der Waals surface area contributed by atoms with Gasteiger partial charge in [-0.3, -0.25) is 9.36 Å². The fraction of sp³-hybridized carbons (Fsp3) is 0.118. The maximum atomic E-state index is 12.4. The molecule has 2 aromatic heterocycles. The zero-order valence-electron chi connectivity index (χ0n) is 12.8. The molecule has 3 rings (SSSR count). The maximum absolute atomic E-state index is 12.4. The van der Waals surface area contributed by atoms with Crippen molar-refractivity contribution in [3.8, 4) is 5.69 Å². The molecule has 0 atom stereocenters.